The molecule has 2 aromatic rings. The summed E-state index contributed by atoms with van der Waals surface area (Å²) < 4.78 is 13.9. The van der Waals surface area contributed by atoms with E-state index in [-0.39, 0.29) is 24.4 Å². The maximum absolute atomic E-state index is 13.1. The molecule has 1 heterocycles. The van der Waals surface area contributed by atoms with Crippen LogP contribution in [-0.2, 0) is 0 Å². The van der Waals surface area contributed by atoms with Gasteiger partial charge in [0.15, 0.2) is 0 Å². The van der Waals surface area contributed by atoms with Gasteiger partial charge in [0.05, 0.1) is 11.5 Å². The predicted octanol–water partition coefficient (Wildman–Crippen LogP) is 2.88. The second kappa shape index (κ2) is 5.67. The molecular formula is C14H16FNO2S. The molecule has 0 radical (unpaired) electrons. The molecule has 0 bridgehead atoms. The van der Waals surface area contributed by atoms with Gasteiger partial charge in [0.25, 0.3) is 5.91 Å². The summed E-state index contributed by atoms with van der Waals surface area (Å²) in [6.45, 7) is 4.05. The van der Waals surface area contributed by atoms with Gasteiger partial charge in [0, 0.05) is 17.3 Å². The van der Waals surface area contributed by atoms with E-state index in [1.54, 1.807) is 17.0 Å². The van der Waals surface area contributed by atoms with Crippen molar-refractivity contribution in [1.29, 1.82) is 0 Å². The van der Waals surface area contributed by atoms with E-state index in [4.69, 9.17) is 5.11 Å². The molecule has 0 saturated heterocycles. The number of aliphatic hydroxyl groups is 1. The maximum Gasteiger partial charge on any atom is 0.264 e. The zero-order chi connectivity index (χ0) is 14.0. The summed E-state index contributed by atoms with van der Waals surface area (Å²) in [6, 6.07) is 6.28. The van der Waals surface area contributed by atoms with Crippen LogP contribution in [0.2, 0.25) is 0 Å². The largest absolute Gasteiger partial charge is 0.395 e. The van der Waals surface area contributed by atoms with Crippen LogP contribution in [0, 0.1) is 5.82 Å². The van der Waals surface area contributed by atoms with E-state index in [2.05, 4.69) is 0 Å². The molecule has 2 rings (SSSR count). The van der Waals surface area contributed by atoms with Gasteiger partial charge in [0.2, 0.25) is 0 Å². The summed E-state index contributed by atoms with van der Waals surface area (Å²) in [5.74, 6) is -0.421. The molecule has 102 valence electrons. The standard InChI is InChI=1S/C14H16FNO2S/c1-9(2)16(5-6-17)14(18)13-7-10-3-4-11(15)8-12(10)19-13/h3-4,7-9,17H,5-6H2,1-2H3. The molecule has 3 nitrogen and oxygen atoms in total. The van der Waals surface area contributed by atoms with E-state index in [0.29, 0.717) is 11.4 Å². The molecule has 0 aliphatic heterocycles. The first-order valence-corrected chi connectivity index (χ1v) is 6.95. The smallest absolute Gasteiger partial charge is 0.264 e. The number of hydrogen-bond acceptors (Lipinski definition) is 3. The summed E-state index contributed by atoms with van der Waals surface area (Å²) in [5.41, 5.74) is 0. The van der Waals surface area contributed by atoms with E-state index in [0.717, 1.165) is 10.1 Å². The van der Waals surface area contributed by atoms with Gasteiger partial charge in [-0.05, 0) is 37.4 Å². The minimum absolute atomic E-state index is 0.0154. The molecule has 19 heavy (non-hydrogen) atoms. The average Bonchev–Trinajstić information content (AvgIpc) is 2.77. The highest BCUT2D eigenvalue weighted by molar-refractivity contribution is 7.20. The van der Waals surface area contributed by atoms with Gasteiger partial charge in [-0.1, -0.05) is 6.07 Å². The van der Waals surface area contributed by atoms with Crippen LogP contribution in [0.5, 0.6) is 0 Å². The third kappa shape index (κ3) is 2.93. The lowest BCUT2D eigenvalue weighted by molar-refractivity contribution is 0.0670. The van der Waals surface area contributed by atoms with Gasteiger partial charge in [-0.25, -0.2) is 4.39 Å². The number of nitrogens with zero attached hydrogens (tertiary/aromatic N) is 1. The lowest BCUT2D eigenvalue weighted by Crippen LogP contribution is -2.38. The topological polar surface area (TPSA) is 40.5 Å². The Balaban J connectivity index is 2.34. The Bertz CT molecular complexity index is 594. The lowest BCUT2D eigenvalue weighted by Gasteiger charge is -2.25. The number of benzene rings is 1. The third-order valence-corrected chi connectivity index (χ3v) is 4.00. The molecule has 5 heteroatoms. The molecule has 1 aromatic carbocycles. The molecule has 0 unspecified atom stereocenters. The first-order valence-electron chi connectivity index (χ1n) is 6.14. The van der Waals surface area contributed by atoms with Crippen LogP contribution in [0.15, 0.2) is 24.3 Å². The number of carbonyl (C=O) groups excluding carboxylic acids is 1. The Hall–Kier alpha value is -1.46. The highest BCUT2D eigenvalue weighted by Gasteiger charge is 2.20. The van der Waals surface area contributed by atoms with Crippen LogP contribution in [0.3, 0.4) is 0 Å². The quantitative estimate of drug-likeness (QED) is 0.936. The molecule has 1 amide bonds. The first kappa shape index (κ1) is 14.0. The Labute approximate surface area is 115 Å². The molecule has 0 saturated carbocycles. The van der Waals surface area contributed by atoms with Crippen molar-refractivity contribution in [2.75, 3.05) is 13.2 Å². The average molecular weight is 281 g/mol. The fourth-order valence-corrected chi connectivity index (χ4v) is 3.00. The van der Waals surface area contributed by atoms with Gasteiger partial charge < -0.3 is 10.0 Å². The Morgan fingerprint density at radius 1 is 1.42 bits per heavy atom. The van der Waals surface area contributed by atoms with Crippen molar-refractivity contribution in [3.63, 3.8) is 0 Å². The van der Waals surface area contributed by atoms with Crippen LogP contribution in [-0.4, -0.2) is 35.1 Å². The molecular weight excluding hydrogens is 265 g/mol. The van der Waals surface area contributed by atoms with Gasteiger partial charge in [-0.2, -0.15) is 0 Å². The first-order chi connectivity index (χ1) is 9.02. The summed E-state index contributed by atoms with van der Waals surface area (Å²) >= 11 is 1.28. The highest BCUT2D eigenvalue weighted by atomic mass is 32.1. The Kier molecular flexibility index (Phi) is 4.17. The van der Waals surface area contributed by atoms with Crippen LogP contribution in [0.1, 0.15) is 23.5 Å². The maximum atomic E-state index is 13.1. The minimum atomic E-state index is -0.301. The van der Waals surface area contributed by atoms with Crippen LogP contribution < -0.4 is 0 Å². The second-order valence-corrected chi connectivity index (χ2v) is 5.69. The SMILES string of the molecule is CC(C)N(CCO)C(=O)c1cc2ccc(F)cc2s1. The molecule has 0 aliphatic carbocycles. The normalized spacial score (nSPS) is 11.2. The van der Waals surface area contributed by atoms with Crippen LogP contribution >= 0.6 is 11.3 Å². The molecule has 0 atom stereocenters. The lowest BCUT2D eigenvalue weighted by atomic mass is 10.2. The van der Waals surface area contributed by atoms with E-state index >= 15 is 0 Å². The fourth-order valence-electron chi connectivity index (χ4n) is 1.95. The number of thiophene rings is 1. The molecule has 1 aromatic heterocycles. The highest BCUT2D eigenvalue weighted by Crippen LogP contribution is 2.27. The summed E-state index contributed by atoms with van der Waals surface area (Å²) in [7, 11) is 0. The number of amides is 1. The summed E-state index contributed by atoms with van der Waals surface area (Å²) in [4.78, 5) is 14.5. The monoisotopic (exact) mass is 281 g/mol. The number of rotatable bonds is 4. The molecule has 0 fully saturated rings. The van der Waals surface area contributed by atoms with Crippen molar-refractivity contribution >= 4 is 27.3 Å². The minimum Gasteiger partial charge on any atom is -0.395 e. The van der Waals surface area contributed by atoms with Gasteiger partial charge >= 0.3 is 0 Å². The third-order valence-electron chi connectivity index (χ3n) is 2.92. The number of aliphatic hydroxyl groups excluding tert-OH is 1. The molecule has 0 spiro atoms. The van der Waals surface area contributed by atoms with Gasteiger partial charge in [0.1, 0.15) is 5.82 Å². The molecule has 0 aliphatic rings. The fraction of sp³-hybridized carbons (Fsp3) is 0.357. The van der Waals surface area contributed by atoms with E-state index < -0.39 is 0 Å². The van der Waals surface area contributed by atoms with Gasteiger partial charge in [-0.3, -0.25) is 4.79 Å². The predicted molar refractivity (Wildman–Crippen MR) is 75.0 cm³/mol. The second-order valence-electron chi connectivity index (χ2n) is 4.61. The van der Waals surface area contributed by atoms with E-state index in [9.17, 15) is 9.18 Å². The van der Waals surface area contributed by atoms with Crippen molar-refractivity contribution in [2.45, 2.75) is 19.9 Å². The van der Waals surface area contributed by atoms with E-state index in [1.165, 1.54) is 23.5 Å². The van der Waals surface area contributed by atoms with Crippen molar-refractivity contribution < 1.29 is 14.3 Å². The zero-order valence-electron chi connectivity index (χ0n) is 10.9. The van der Waals surface area contributed by atoms with Crippen molar-refractivity contribution in [1.82, 2.24) is 4.90 Å². The number of hydrogen-bond donors (Lipinski definition) is 1. The number of fused-ring (bicyclic) bond motifs is 1. The number of carbonyl (C=O) groups is 1. The Morgan fingerprint density at radius 3 is 2.79 bits per heavy atom. The van der Waals surface area contributed by atoms with Gasteiger partial charge in [-0.15, -0.1) is 11.3 Å². The van der Waals surface area contributed by atoms with E-state index in [1.807, 2.05) is 13.8 Å². The van der Waals surface area contributed by atoms with Crippen LogP contribution in [0.25, 0.3) is 10.1 Å². The van der Waals surface area contributed by atoms with Crippen molar-refractivity contribution in [3.8, 4) is 0 Å². The van der Waals surface area contributed by atoms with Crippen molar-refractivity contribution in [2.24, 2.45) is 0 Å². The summed E-state index contributed by atoms with van der Waals surface area (Å²) in [6.07, 6.45) is 0. The van der Waals surface area contributed by atoms with Crippen LogP contribution in [0.4, 0.5) is 4.39 Å². The van der Waals surface area contributed by atoms with Crippen molar-refractivity contribution in [3.05, 3.63) is 35.0 Å². The molecule has 1 N–H and O–H groups in total. The Morgan fingerprint density at radius 2 is 2.16 bits per heavy atom. The number of halogens is 1. The zero-order valence-corrected chi connectivity index (χ0v) is 11.7. The summed E-state index contributed by atoms with van der Waals surface area (Å²) in [5, 5.41) is 9.88.